The summed E-state index contributed by atoms with van der Waals surface area (Å²) >= 11 is 0. The number of sulfonamides is 1. The van der Waals surface area contributed by atoms with Crippen LogP contribution >= 0.6 is 0 Å². The van der Waals surface area contributed by atoms with Crippen molar-refractivity contribution in [2.24, 2.45) is 5.14 Å². The minimum atomic E-state index is -3.84. The number of benzene rings is 2. The molecule has 0 aliphatic heterocycles. The average molecular weight is 320 g/mol. The van der Waals surface area contributed by atoms with Crippen molar-refractivity contribution in [1.29, 1.82) is 0 Å². The Balaban J connectivity index is 2.11. The fraction of sp³-hybridized carbons (Fsp3) is 0. The fourth-order valence-electron chi connectivity index (χ4n) is 1.71. The first-order valence-electron chi connectivity index (χ1n) is 6.23. The van der Waals surface area contributed by atoms with E-state index in [1.54, 1.807) is 12.1 Å². The summed E-state index contributed by atoms with van der Waals surface area (Å²) < 4.78 is 35.8. The normalized spacial score (nSPS) is 11.5. The van der Waals surface area contributed by atoms with E-state index in [1.807, 2.05) is 0 Å². The highest BCUT2D eigenvalue weighted by Gasteiger charge is 2.08. The number of nitrogens with one attached hydrogen (secondary N) is 1. The standard InChI is InChI=1S/C15H13FN2O3S/c16-14-7-2-1-4-11(14)8-9-15(19)18-12-5-3-6-13(10-12)22(17,20)21/h1-10H,(H,18,19)(H2,17,20,21)/b9-8+. The molecule has 0 atom stereocenters. The lowest BCUT2D eigenvalue weighted by Crippen LogP contribution is -2.13. The number of hydrogen-bond donors (Lipinski definition) is 2. The van der Waals surface area contributed by atoms with Gasteiger partial charge in [0.25, 0.3) is 0 Å². The number of rotatable bonds is 4. The maximum atomic E-state index is 13.4. The van der Waals surface area contributed by atoms with Crippen LogP contribution in [-0.2, 0) is 14.8 Å². The Hall–Kier alpha value is -2.51. The largest absolute Gasteiger partial charge is 0.322 e. The second-order valence-corrected chi connectivity index (χ2v) is 5.98. The molecule has 0 heterocycles. The molecular weight excluding hydrogens is 307 g/mol. The molecule has 3 N–H and O–H groups in total. The van der Waals surface area contributed by atoms with Crippen molar-refractivity contribution < 1.29 is 17.6 Å². The van der Waals surface area contributed by atoms with Crippen LogP contribution in [0.5, 0.6) is 0 Å². The fourth-order valence-corrected chi connectivity index (χ4v) is 2.27. The number of hydrogen-bond acceptors (Lipinski definition) is 3. The van der Waals surface area contributed by atoms with Crippen molar-refractivity contribution >= 4 is 27.7 Å². The Labute approximate surface area is 127 Å². The van der Waals surface area contributed by atoms with Crippen molar-refractivity contribution in [3.63, 3.8) is 0 Å². The van der Waals surface area contributed by atoms with Gasteiger partial charge in [-0.3, -0.25) is 4.79 Å². The molecule has 0 unspecified atom stereocenters. The third-order valence-electron chi connectivity index (χ3n) is 2.75. The molecule has 0 saturated carbocycles. The van der Waals surface area contributed by atoms with E-state index >= 15 is 0 Å². The smallest absolute Gasteiger partial charge is 0.248 e. The van der Waals surface area contributed by atoms with E-state index in [0.29, 0.717) is 0 Å². The number of carbonyl (C=O) groups is 1. The molecule has 0 saturated heterocycles. The van der Waals surface area contributed by atoms with Gasteiger partial charge in [-0.05, 0) is 30.3 Å². The minimum Gasteiger partial charge on any atom is -0.322 e. The molecule has 0 bridgehead atoms. The molecule has 22 heavy (non-hydrogen) atoms. The van der Waals surface area contributed by atoms with Crippen LogP contribution in [0.25, 0.3) is 6.08 Å². The summed E-state index contributed by atoms with van der Waals surface area (Å²) in [5, 5.41) is 7.49. The van der Waals surface area contributed by atoms with Crippen molar-refractivity contribution in [2.45, 2.75) is 4.90 Å². The second-order valence-electron chi connectivity index (χ2n) is 4.42. The quantitative estimate of drug-likeness (QED) is 0.846. The zero-order valence-electron chi connectivity index (χ0n) is 11.4. The molecule has 0 radical (unpaired) electrons. The first-order valence-corrected chi connectivity index (χ1v) is 7.77. The summed E-state index contributed by atoms with van der Waals surface area (Å²) in [5.41, 5.74) is 0.547. The predicted molar refractivity (Wildman–Crippen MR) is 81.9 cm³/mol. The van der Waals surface area contributed by atoms with E-state index in [9.17, 15) is 17.6 Å². The highest BCUT2D eigenvalue weighted by molar-refractivity contribution is 7.89. The molecule has 2 aromatic carbocycles. The zero-order chi connectivity index (χ0) is 16.2. The highest BCUT2D eigenvalue weighted by Crippen LogP contribution is 2.14. The van der Waals surface area contributed by atoms with Crippen molar-refractivity contribution in [3.05, 3.63) is 66.0 Å². The van der Waals surface area contributed by atoms with Crippen LogP contribution in [-0.4, -0.2) is 14.3 Å². The van der Waals surface area contributed by atoms with Gasteiger partial charge in [-0.1, -0.05) is 24.3 Å². The number of anilines is 1. The SMILES string of the molecule is NS(=O)(=O)c1cccc(NC(=O)/C=C/c2ccccc2F)c1. The molecule has 1 amide bonds. The molecule has 0 aliphatic rings. The van der Waals surface area contributed by atoms with Gasteiger partial charge in [-0.2, -0.15) is 0 Å². The van der Waals surface area contributed by atoms with E-state index in [1.165, 1.54) is 42.5 Å². The van der Waals surface area contributed by atoms with Gasteiger partial charge in [0, 0.05) is 17.3 Å². The number of carbonyl (C=O) groups excluding carboxylic acids is 1. The molecule has 2 aromatic rings. The summed E-state index contributed by atoms with van der Waals surface area (Å²) in [7, 11) is -3.84. The molecule has 114 valence electrons. The van der Waals surface area contributed by atoms with Crippen LogP contribution in [0.4, 0.5) is 10.1 Å². The van der Waals surface area contributed by atoms with Gasteiger partial charge in [0.15, 0.2) is 0 Å². The Morgan fingerprint density at radius 3 is 2.55 bits per heavy atom. The van der Waals surface area contributed by atoms with Gasteiger partial charge < -0.3 is 5.32 Å². The van der Waals surface area contributed by atoms with Crippen LogP contribution < -0.4 is 10.5 Å². The summed E-state index contributed by atoms with van der Waals surface area (Å²) in [6, 6.07) is 11.5. The van der Waals surface area contributed by atoms with E-state index < -0.39 is 21.7 Å². The molecule has 0 aromatic heterocycles. The van der Waals surface area contributed by atoms with E-state index in [-0.39, 0.29) is 16.1 Å². The van der Waals surface area contributed by atoms with E-state index in [4.69, 9.17) is 5.14 Å². The molecule has 5 nitrogen and oxygen atoms in total. The monoisotopic (exact) mass is 320 g/mol. The number of halogens is 1. The molecular formula is C15H13FN2O3S. The van der Waals surface area contributed by atoms with Crippen LogP contribution in [0, 0.1) is 5.82 Å². The summed E-state index contributed by atoms with van der Waals surface area (Å²) in [6.45, 7) is 0. The third-order valence-corrected chi connectivity index (χ3v) is 3.66. The van der Waals surface area contributed by atoms with Gasteiger partial charge in [0.1, 0.15) is 5.82 Å². The lowest BCUT2D eigenvalue weighted by atomic mass is 10.2. The van der Waals surface area contributed by atoms with Gasteiger partial charge in [-0.15, -0.1) is 0 Å². The van der Waals surface area contributed by atoms with Crippen LogP contribution in [0.1, 0.15) is 5.56 Å². The molecule has 7 heteroatoms. The van der Waals surface area contributed by atoms with Crippen LogP contribution in [0.2, 0.25) is 0 Å². The van der Waals surface area contributed by atoms with E-state index in [0.717, 1.165) is 6.08 Å². The van der Waals surface area contributed by atoms with E-state index in [2.05, 4.69) is 5.32 Å². The lowest BCUT2D eigenvalue weighted by Gasteiger charge is -2.04. The van der Waals surface area contributed by atoms with Crippen molar-refractivity contribution in [3.8, 4) is 0 Å². The van der Waals surface area contributed by atoms with Crippen LogP contribution in [0.15, 0.2) is 59.5 Å². The summed E-state index contributed by atoms with van der Waals surface area (Å²) in [6.07, 6.45) is 2.48. The minimum absolute atomic E-state index is 0.108. The molecule has 0 spiro atoms. The Kier molecular flexibility index (Phi) is 4.69. The lowest BCUT2D eigenvalue weighted by molar-refractivity contribution is -0.111. The van der Waals surface area contributed by atoms with Gasteiger partial charge >= 0.3 is 0 Å². The topological polar surface area (TPSA) is 89.3 Å². The number of nitrogens with two attached hydrogens (primary N) is 1. The zero-order valence-corrected chi connectivity index (χ0v) is 12.2. The third kappa shape index (κ3) is 4.24. The second kappa shape index (κ2) is 6.50. The van der Waals surface area contributed by atoms with Crippen molar-refractivity contribution in [1.82, 2.24) is 0 Å². The predicted octanol–water partition coefficient (Wildman–Crippen LogP) is 2.12. The first-order chi connectivity index (χ1) is 10.4. The Bertz CT molecular complexity index is 832. The van der Waals surface area contributed by atoms with Crippen LogP contribution in [0.3, 0.4) is 0 Å². The number of primary sulfonamides is 1. The van der Waals surface area contributed by atoms with Gasteiger partial charge in [-0.25, -0.2) is 17.9 Å². The maximum absolute atomic E-state index is 13.4. The molecule has 0 fully saturated rings. The molecule has 2 rings (SSSR count). The Morgan fingerprint density at radius 2 is 1.86 bits per heavy atom. The molecule has 0 aliphatic carbocycles. The average Bonchev–Trinajstić information content (AvgIpc) is 2.46. The first kappa shape index (κ1) is 15.9. The van der Waals surface area contributed by atoms with Gasteiger partial charge in [0.2, 0.25) is 15.9 Å². The number of amides is 1. The van der Waals surface area contributed by atoms with Crippen molar-refractivity contribution in [2.75, 3.05) is 5.32 Å². The van der Waals surface area contributed by atoms with Gasteiger partial charge in [0.05, 0.1) is 4.90 Å². The highest BCUT2D eigenvalue weighted by atomic mass is 32.2. The summed E-state index contributed by atoms with van der Waals surface area (Å²) in [5.74, 6) is -0.961. The summed E-state index contributed by atoms with van der Waals surface area (Å²) in [4.78, 5) is 11.6. The Morgan fingerprint density at radius 1 is 1.14 bits per heavy atom. The maximum Gasteiger partial charge on any atom is 0.248 e.